The first-order chi connectivity index (χ1) is 18.0. The second kappa shape index (κ2) is 12.3. The molecule has 0 aliphatic carbocycles. The van der Waals surface area contributed by atoms with Crippen molar-refractivity contribution in [1.29, 1.82) is 0 Å². The van der Waals surface area contributed by atoms with E-state index in [-0.39, 0.29) is 11.8 Å². The zero-order chi connectivity index (χ0) is 26.2. The van der Waals surface area contributed by atoms with Crippen molar-refractivity contribution < 1.29 is 19.1 Å². The molecule has 0 spiro atoms. The van der Waals surface area contributed by atoms with E-state index in [2.05, 4.69) is 10.6 Å². The lowest BCUT2D eigenvalue weighted by molar-refractivity contribution is -0.115. The average molecular weight is 533 g/mol. The monoisotopic (exact) mass is 532 g/mol. The molecule has 2 amide bonds. The molecule has 2 N–H and O–H groups in total. The number of amides is 2. The van der Waals surface area contributed by atoms with E-state index in [9.17, 15) is 9.59 Å². The molecule has 0 heterocycles. The molecule has 1 atom stereocenters. The third-order valence-corrected chi connectivity index (χ3v) is 6.99. The van der Waals surface area contributed by atoms with Crippen LogP contribution in [0, 0.1) is 0 Å². The summed E-state index contributed by atoms with van der Waals surface area (Å²) in [6.45, 7) is 0. The predicted octanol–water partition coefficient (Wildman–Crippen LogP) is 7.08. The normalized spacial score (nSPS) is 11.3. The van der Waals surface area contributed by atoms with Crippen LogP contribution in [0.2, 0.25) is 5.02 Å². The number of carbonyl (C=O) groups is 2. The first kappa shape index (κ1) is 26.1. The van der Waals surface area contributed by atoms with Crippen LogP contribution in [0.4, 0.5) is 11.4 Å². The lowest BCUT2D eigenvalue weighted by atomic mass is 10.1. The topological polar surface area (TPSA) is 76.7 Å². The van der Waals surface area contributed by atoms with Gasteiger partial charge in [-0.2, -0.15) is 0 Å². The van der Waals surface area contributed by atoms with Crippen LogP contribution >= 0.6 is 23.4 Å². The highest BCUT2D eigenvalue weighted by molar-refractivity contribution is 8.00. The van der Waals surface area contributed by atoms with Gasteiger partial charge in [-0.1, -0.05) is 48.0 Å². The quantitative estimate of drug-likeness (QED) is 0.225. The van der Waals surface area contributed by atoms with Crippen molar-refractivity contribution in [2.75, 3.05) is 24.9 Å². The smallest absolute Gasteiger partial charge is 0.263 e. The molecule has 4 aromatic carbocycles. The number of hydrogen-bond acceptors (Lipinski definition) is 5. The Morgan fingerprint density at radius 1 is 0.730 bits per heavy atom. The maximum Gasteiger partial charge on any atom is 0.263 e. The number of nitrogens with one attached hydrogen (secondary N) is 2. The Labute approximate surface area is 225 Å². The Kier molecular flexibility index (Phi) is 8.72. The van der Waals surface area contributed by atoms with Gasteiger partial charge in [-0.15, -0.1) is 11.8 Å². The highest BCUT2D eigenvalue weighted by Gasteiger charge is 2.23. The first-order valence-corrected chi connectivity index (χ1v) is 12.6. The van der Waals surface area contributed by atoms with Gasteiger partial charge in [0.25, 0.3) is 5.91 Å². The molecular weight excluding hydrogens is 508 g/mol. The SMILES string of the molecule is COc1cccc(OC)c1C(=O)Nc1ccc(SC(C(=O)Nc2ccc(Cl)cc2)c2ccccc2)cc1. The van der Waals surface area contributed by atoms with Gasteiger partial charge in [0.15, 0.2) is 0 Å². The molecule has 6 nitrogen and oxygen atoms in total. The number of methoxy groups -OCH3 is 2. The Morgan fingerprint density at radius 3 is 1.89 bits per heavy atom. The molecule has 0 saturated carbocycles. The van der Waals surface area contributed by atoms with Crippen molar-refractivity contribution in [2.45, 2.75) is 10.1 Å². The van der Waals surface area contributed by atoms with Crippen molar-refractivity contribution in [3.05, 3.63) is 113 Å². The molecule has 188 valence electrons. The van der Waals surface area contributed by atoms with Crippen LogP contribution in [0.25, 0.3) is 0 Å². The Balaban J connectivity index is 1.50. The van der Waals surface area contributed by atoms with Gasteiger partial charge in [-0.05, 0) is 66.2 Å². The van der Waals surface area contributed by atoms with Crippen molar-refractivity contribution in [1.82, 2.24) is 0 Å². The largest absolute Gasteiger partial charge is 0.496 e. The Hall–Kier alpha value is -3.94. The minimum Gasteiger partial charge on any atom is -0.496 e. The lowest BCUT2D eigenvalue weighted by Crippen LogP contribution is -2.19. The molecule has 0 saturated heterocycles. The average Bonchev–Trinajstić information content (AvgIpc) is 2.93. The molecule has 0 aromatic heterocycles. The second-order valence-electron chi connectivity index (χ2n) is 7.92. The summed E-state index contributed by atoms with van der Waals surface area (Å²) >= 11 is 7.39. The van der Waals surface area contributed by atoms with Crippen LogP contribution in [0.3, 0.4) is 0 Å². The van der Waals surface area contributed by atoms with Crippen LogP contribution in [-0.2, 0) is 4.79 Å². The van der Waals surface area contributed by atoms with Gasteiger partial charge in [-0.25, -0.2) is 0 Å². The van der Waals surface area contributed by atoms with E-state index in [0.717, 1.165) is 10.5 Å². The molecule has 0 fully saturated rings. The fourth-order valence-electron chi connectivity index (χ4n) is 3.66. The molecule has 4 aromatic rings. The molecule has 0 aliphatic heterocycles. The Morgan fingerprint density at radius 2 is 1.30 bits per heavy atom. The summed E-state index contributed by atoms with van der Waals surface area (Å²) in [6, 6.07) is 29.1. The van der Waals surface area contributed by atoms with Gasteiger partial charge in [0.05, 0.1) is 14.2 Å². The summed E-state index contributed by atoms with van der Waals surface area (Å²) in [4.78, 5) is 27.1. The minimum atomic E-state index is -0.491. The van der Waals surface area contributed by atoms with Crippen LogP contribution in [0.5, 0.6) is 11.5 Å². The number of anilines is 2. The summed E-state index contributed by atoms with van der Waals surface area (Å²) in [5.41, 5.74) is 2.46. The minimum absolute atomic E-state index is 0.154. The van der Waals surface area contributed by atoms with E-state index >= 15 is 0 Å². The molecule has 0 radical (unpaired) electrons. The number of rotatable bonds is 9. The second-order valence-corrected chi connectivity index (χ2v) is 9.54. The summed E-state index contributed by atoms with van der Waals surface area (Å²) < 4.78 is 10.7. The van der Waals surface area contributed by atoms with Crippen LogP contribution in [0.15, 0.2) is 102 Å². The molecule has 4 rings (SSSR count). The van der Waals surface area contributed by atoms with E-state index < -0.39 is 5.25 Å². The van der Waals surface area contributed by atoms with Gasteiger partial charge in [0, 0.05) is 21.3 Å². The number of ether oxygens (including phenoxy) is 2. The number of thioether (sulfide) groups is 1. The molecule has 37 heavy (non-hydrogen) atoms. The van der Waals surface area contributed by atoms with Gasteiger partial charge in [0.2, 0.25) is 5.91 Å². The van der Waals surface area contributed by atoms with Gasteiger partial charge < -0.3 is 20.1 Å². The standard InChI is InChI=1S/C29H25ClN2O4S/c1-35-24-9-6-10-25(36-2)26(24)28(33)31-22-15-17-23(18-16-22)37-27(19-7-4-3-5-8-19)29(34)32-21-13-11-20(30)12-14-21/h3-18,27H,1-2H3,(H,31,33)(H,32,34). The van der Waals surface area contributed by atoms with Crippen molar-refractivity contribution in [3.8, 4) is 11.5 Å². The molecule has 1 unspecified atom stereocenters. The van der Waals surface area contributed by atoms with E-state index in [1.807, 2.05) is 42.5 Å². The third kappa shape index (κ3) is 6.64. The fourth-order valence-corrected chi connectivity index (χ4v) is 4.81. The van der Waals surface area contributed by atoms with Crippen molar-refractivity contribution >= 4 is 46.6 Å². The predicted molar refractivity (Wildman–Crippen MR) is 149 cm³/mol. The molecule has 8 heteroatoms. The van der Waals surface area contributed by atoms with Gasteiger partial charge in [0.1, 0.15) is 22.3 Å². The number of carbonyl (C=O) groups excluding carboxylic acids is 2. The Bertz CT molecular complexity index is 1340. The third-order valence-electron chi connectivity index (χ3n) is 5.47. The van der Waals surface area contributed by atoms with Gasteiger partial charge in [-0.3, -0.25) is 9.59 Å². The first-order valence-electron chi connectivity index (χ1n) is 11.4. The van der Waals surface area contributed by atoms with Crippen molar-refractivity contribution in [3.63, 3.8) is 0 Å². The van der Waals surface area contributed by atoms with E-state index in [0.29, 0.717) is 33.5 Å². The molecule has 0 bridgehead atoms. The number of hydrogen-bond donors (Lipinski definition) is 2. The van der Waals surface area contributed by atoms with E-state index in [1.54, 1.807) is 54.6 Å². The zero-order valence-corrected chi connectivity index (χ0v) is 21.8. The van der Waals surface area contributed by atoms with Crippen LogP contribution in [-0.4, -0.2) is 26.0 Å². The highest BCUT2D eigenvalue weighted by atomic mass is 35.5. The van der Waals surface area contributed by atoms with E-state index in [4.69, 9.17) is 21.1 Å². The van der Waals surface area contributed by atoms with Crippen LogP contribution in [0.1, 0.15) is 21.2 Å². The summed E-state index contributed by atoms with van der Waals surface area (Å²) in [5.74, 6) is 0.334. The number of benzene rings is 4. The van der Waals surface area contributed by atoms with E-state index in [1.165, 1.54) is 26.0 Å². The number of halogens is 1. The molecule has 0 aliphatic rings. The zero-order valence-electron chi connectivity index (χ0n) is 20.2. The van der Waals surface area contributed by atoms with Gasteiger partial charge >= 0.3 is 0 Å². The van der Waals surface area contributed by atoms with Crippen molar-refractivity contribution in [2.24, 2.45) is 0 Å². The summed E-state index contributed by atoms with van der Waals surface area (Å²) in [7, 11) is 3.01. The molecular formula is C29H25ClN2O4S. The van der Waals surface area contributed by atoms with Crippen LogP contribution < -0.4 is 20.1 Å². The maximum atomic E-state index is 13.2. The summed E-state index contributed by atoms with van der Waals surface area (Å²) in [5, 5.41) is 5.96. The lowest BCUT2D eigenvalue weighted by Gasteiger charge is -2.17. The fraction of sp³-hybridized carbons (Fsp3) is 0.103. The summed E-state index contributed by atoms with van der Waals surface area (Å²) in [6.07, 6.45) is 0. The maximum absolute atomic E-state index is 13.2. The highest BCUT2D eigenvalue weighted by Crippen LogP contribution is 2.37.